The van der Waals surface area contributed by atoms with Crippen molar-refractivity contribution < 1.29 is 4.74 Å². The van der Waals surface area contributed by atoms with E-state index in [9.17, 15) is 0 Å². The molecule has 7 heteroatoms. The summed E-state index contributed by atoms with van der Waals surface area (Å²) in [5.41, 5.74) is 9.47. The van der Waals surface area contributed by atoms with Crippen molar-refractivity contribution in [3.63, 3.8) is 0 Å². The first kappa shape index (κ1) is 16.5. The maximum absolute atomic E-state index is 6.28. The van der Waals surface area contributed by atoms with Gasteiger partial charge in [0.05, 0.1) is 17.3 Å². The summed E-state index contributed by atoms with van der Waals surface area (Å²) in [7, 11) is 0. The molecule has 1 aliphatic heterocycles. The number of rotatable bonds is 5. The number of ether oxygens (including phenoxy) is 1. The van der Waals surface area contributed by atoms with Gasteiger partial charge in [0, 0.05) is 24.2 Å². The highest BCUT2D eigenvalue weighted by Crippen LogP contribution is 2.29. The lowest BCUT2D eigenvalue weighted by molar-refractivity contribution is 0.120. The van der Waals surface area contributed by atoms with Crippen molar-refractivity contribution in [2.75, 3.05) is 29.5 Å². The van der Waals surface area contributed by atoms with Crippen LogP contribution in [0.2, 0.25) is 0 Å². The summed E-state index contributed by atoms with van der Waals surface area (Å²) in [4.78, 5) is 13.2. The van der Waals surface area contributed by atoms with Crippen molar-refractivity contribution in [2.45, 2.75) is 25.9 Å². The highest BCUT2D eigenvalue weighted by atomic mass is 16.5. The van der Waals surface area contributed by atoms with Crippen LogP contribution in [-0.4, -0.2) is 34.2 Å². The molecule has 0 amide bonds. The topological polar surface area (TPSA) is 98.0 Å². The van der Waals surface area contributed by atoms with E-state index in [-0.39, 0.29) is 6.10 Å². The minimum atomic E-state index is 0.214. The Kier molecular flexibility index (Phi) is 4.53. The fourth-order valence-corrected chi connectivity index (χ4v) is 3.12. The molecule has 26 heavy (non-hydrogen) atoms. The molecule has 0 saturated carbocycles. The quantitative estimate of drug-likeness (QED) is 0.650. The number of anilines is 4. The van der Waals surface area contributed by atoms with Gasteiger partial charge in [-0.15, -0.1) is 0 Å². The number of nitrogens with zero attached hydrogens (tertiary/aromatic N) is 3. The zero-order valence-electron chi connectivity index (χ0n) is 14.7. The fraction of sp³-hybridized carbons (Fsp3) is 0.316. The lowest BCUT2D eigenvalue weighted by Gasteiger charge is -2.15. The summed E-state index contributed by atoms with van der Waals surface area (Å²) in [6.07, 6.45) is 3.88. The lowest BCUT2D eigenvalue weighted by atomic mass is 10.1. The first-order valence-corrected chi connectivity index (χ1v) is 8.80. The molecule has 1 saturated heterocycles. The second-order valence-corrected chi connectivity index (χ2v) is 6.46. The van der Waals surface area contributed by atoms with Crippen LogP contribution in [0.5, 0.6) is 0 Å². The van der Waals surface area contributed by atoms with E-state index in [1.54, 1.807) is 0 Å². The average molecular weight is 350 g/mol. The van der Waals surface area contributed by atoms with Crippen LogP contribution in [-0.2, 0) is 4.74 Å². The third kappa shape index (κ3) is 3.39. The molecule has 4 rings (SSSR count). The fourth-order valence-electron chi connectivity index (χ4n) is 3.12. The maximum Gasteiger partial charge on any atom is 0.159 e. The number of benzene rings is 1. The predicted molar refractivity (Wildman–Crippen MR) is 104 cm³/mol. The molecule has 1 aliphatic rings. The SMILES string of the molecule is Cc1ccc2cccc(Nc3ncnc(NCC4CCCO4)c3N)c2n1. The van der Waals surface area contributed by atoms with Gasteiger partial charge < -0.3 is 21.1 Å². The number of hydrogen-bond donors (Lipinski definition) is 3. The number of nitrogens with one attached hydrogen (secondary N) is 2. The summed E-state index contributed by atoms with van der Waals surface area (Å²) >= 11 is 0. The summed E-state index contributed by atoms with van der Waals surface area (Å²) in [6.45, 7) is 3.49. The van der Waals surface area contributed by atoms with Crippen molar-refractivity contribution in [2.24, 2.45) is 0 Å². The highest BCUT2D eigenvalue weighted by molar-refractivity contribution is 5.93. The van der Waals surface area contributed by atoms with Crippen LogP contribution in [0, 0.1) is 6.92 Å². The summed E-state index contributed by atoms with van der Waals surface area (Å²) in [6, 6.07) is 10.0. The molecule has 1 fully saturated rings. The molecule has 0 aliphatic carbocycles. The second-order valence-electron chi connectivity index (χ2n) is 6.46. The molecule has 1 unspecified atom stereocenters. The number of para-hydroxylation sites is 1. The Hall–Kier alpha value is -2.93. The molecular weight excluding hydrogens is 328 g/mol. The van der Waals surface area contributed by atoms with Crippen LogP contribution in [0.25, 0.3) is 10.9 Å². The monoisotopic (exact) mass is 350 g/mol. The molecule has 0 spiro atoms. The Bertz CT molecular complexity index is 923. The van der Waals surface area contributed by atoms with Crippen LogP contribution in [0.3, 0.4) is 0 Å². The smallest absolute Gasteiger partial charge is 0.159 e. The van der Waals surface area contributed by atoms with Gasteiger partial charge in [0.2, 0.25) is 0 Å². The van der Waals surface area contributed by atoms with E-state index in [4.69, 9.17) is 10.5 Å². The Morgan fingerprint density at radius 2 is 2.08 bits per heavy atom. The number of nitrogens with two attached hydrogens (primary N) is 1. The molecule has 3 heterocycles. The Labute approximate surface area is 152 Å². The van der Waals surface area contributed by atoms with Gasteiger partial charge in [0.15, 0.2) is 11.6 Å². The van der Waals surface area contributed by atoms with Crippen molar-refractivity contribution in [1.82, 2.24) is 15.0 Å². The highest BCUT2D eigenvalue weighted by Gasteiger charge is 2.17. The molecule has 7 nitrogen and oxygen atoms in total. The first-order valence-electron chi connectivity index (χ1n) is 8.80. The zero-order valence-corrected chi connectivity index (χ0v) is 14.7. The van der Waals surface area contributed by atoms with Crippen LogP contribution >= 0.6 is 0 Å². The molecule has 1 aromatic carbocycles. The van der Waals surface area contributed by atoms with Gasteiger partial charge in [-0.05, 0) is 31.9 Å². The summed E-state index contributed by atoms with van der Waals surface area (Å²) in [5, 5.41) is 7.63. The molecule has 4 N–H and O–H groups in total. The van der Waals surface area contributed by atoms with Gasteiger partial charge in [-0.2, -0.15) is 0 Å². The summed E-state index contributed by atoms with van der Waals surface area (Å²) in [5.74, 6) is 1.17. The third-order valence-electron chi connectivity index (χ3n) is 4.52. The van der Waals surface area contributed by atoms with E-state index < -0.39 is 0 Å². The van der Waals surface area contributed by atoms with Crippen LogP contribution in [0.1, 0.15) is 18.5 Å². The molecule has 0 bridgehead atoms. The average Bonchev–Trinajstić information content (AvgIpc) is 3.16. The van der Waals surface area contributed by atoms with Crippen molar-refractivity contribution in [3.8, 4) is 0 Å². The van der Waals surface area contributed by atoms with Gasteiger partial charge in [-0.3, -0.25) is 4.98 Å². The van der Waals surface area contributed by atoms with E-state index in [0.717, 1.165) is 41.7 Å². The normalized spacial score (nSPS) is 16.7. The van der Waals surface area contributed by atoms with Gasteiger partial charge in [-0.1, -0.05) is 18.2 Å². The van der Waals surface area contributed by atoms with Gasteiger partial charge in [0.1, 0.15) is 12.0 Å². The number of fused-ring (bicyclic) bond motifs is 1. The van der Waals surface area contributed by atoms with E-state index in [1.165, 1.54) is 6.33 Å². The van der Waals surface area contributed by atoms with Crippen molar-refractivity contribution >= 4 is 33.9 Å². The molecular formula is C19H22N6O. The van der Waals surface area contributed by atoms with Crippen LogP contribution in [0.4, 0.5) is 23.0 Å². The third-order valence-corrected chi connectivity index (χ3v) is 4.52. The Morgan fingerprint density at radius 1 is 1.19 bits per heavy atom. The molecule has 1 atom stereocenters. The Balaban J connectivity index is 1.58. The largest absolute Gasteiger partial charge is 0.393 e. The summed E-state index contributed by atoms with van der Waals surface area (Å²) < 4.78 is 5.63. The van der Waals surface area contributed by atoms with E-state index in [0.29, 0.717) is 23.9 Å². The maximum atomic E-state index is 6.28. The molecule has 0 radical (unpaired) electrons. The minimum absolute atomic E-state index is 0.214. The van der Waals surface area contributed by atoms with Crippen LogP contribution < -0.4 is 16.4 Å². The first-order chi connectivity index (χ1) is 12.7. The van der Waals surface area contributed by atoms with Crippen molar-refractivity contribution in [3.05, 3.63) is 42.4 Å². The second kappa shape index (κ2) is 7.13. The molecule has 2 aromatic heterocycles. The van der Waals surface area contributed by atoms with E-state index in [2.05, 4.69) is 31.7 Å². The number of hydrogen-bond acceptors (Lipinski definition) is 7. The number of aromatic nitrogens is 3. The van der Waals surface area contributed by atoms with E-state index >= 15 is 0 Å². The van der Waals surface area contributed by atoms with E-state index in [1.807, 2.05) is 31.2 Å². The number of pyridine rings is 1. The van der Waals surface area contributed by atoms with Crippen LogP contribution in [0.15, 0.2) is 36.7 Å². The van der Waals surface area contributed by atoms with Crippen molar-refractivity contribution in [1.29, 1.82) is 0 Å². The molecule has 3 aromatic rings. The van der Waals surface area contributed by atoms with Gasteiger partial charge in [-0.25, -0.2) is 9.97 Å². The lowest BCUT2D eigenvalue weighted by Crippen LogP contribution is -2.20. The standard InChI is InChI=1S/C19H22N6O/c1-12-7-8-13-4-2-6-15(17(13)24-12)25-19-16(20)18(22-11-23-19)21-10-14-5-3-9-26-14/h2,4,6-8,11,14H,3,5,9-10,20H2,1H3,(H2,21,22,23,25). The predicted octanol–water partition coefficient (Wildman–Crippen LogP) is 3.25. The number of nitrogen functional groups attached to an aromatic ring is 1. The number of aryl methyl sites for hydroxylation is 1. The molecule has 134 valence electrons. The minimum Gasteiger partial charge on any atom is -0.393 e. The van der Waals surface area contributed by atoms with Gasteiger partial charge in [0.25, 0.3) is 0 Å². The Morgan fingerprint density at radius 3 is 2.92 bits per heavy atom. The van der Waals surface area contributed by atoms with Gasteiger partial charge >= 0.3 is 0 Å². The zero-order chi connectivity index (χ0) is 17.9.